The average molecular weight is 313 g/mol. The molecule has 1 saturated heterocycles. The van der Waals surface area contributed by atoms with Gasteiger partial charge < -0.3 is 4.90 Å². The molecule has 1 fully saturated rings. The van der Waals surface area contributed by atoms with E-state index in [1.165, 1.54) is 47.9 Å². The van der Waals surface area contributed by atoms with Crippen molar-refractivity contribution in [2.24, 2.45) is 0 Å². The lowest BCUT2D eigenvalue weighted by Crippen LogP contribution is -2.22. The van der Waals surface area contributed by atoms with E-state index in [1.807, 2.05) is 15.9 Å². The molecule has 114 valence electrons. The van der Waals surface area contributed by atoms with Crippen LogP contribution < -0.4 is 4.90 Å². The highest BCUT2D eigenvalue weighted by Crippen LogP contribution is 2.43. The van der Waals surface area contributed by atoms with Crippen molar-refractivity contribution in [3.05, 3.63) is 16.8 Å². The van der Waals surface area contributed by atoms with Crippen molar-refractivity contribution in [3.8, 4) is 0 Å². The molecule has 0 N–H and O–H groups in total. The van der Waals surface area contributed by atoms with Gasteiger partial charge in [0.15, 0.2) is 5.65 Å². The summed E-state index contributed by atoms with van der Waals surface area (Å²) in [5.74, 6) is 1.58. The fourth-order valence-electron chi connectivity index (χ4n) is 4.01. The Labute approximate surface area is 133 Å². The molecule has 5 rings (SSSR count). The molecule has 0 radical (unpaired) electrons. The topological polar surface area (TPSA) is 46.3 Å². The summed E-state index contributed by atoms with van der Waals surface area (Å²) < 4.78 is 1.96. The monoisotopic (exact) mass is 313 g/mol. The van der Waals surface area contributed by atoms with E-state index < -0.39 is 0 Å². The maximum Gasteiger partial charge on any atom is 0.229 e. The van der Waals surface area contributed by atoms with Crippen molar-refractivity contribution in [1.29, 1.82) is 0 Å². The van der Waals surface area contributed by atoms with Crippen molar-refractivity contribution in [2.45, 2.75) is 44.9 Å². The van der Waals surface area contributed by atoms with Gasteiger partial charge in [0.1, 0.15) is 11.2 Å². The smallest absolute Gasteiger partial charge is 0.229 e. The molecular weight excluding hydrogens is 294 g/mol. The minimum Gasteiger partial charge on any atom is -0.341 e. The Bertz CT molecular complexity index is 858. The van der Waals surface area contributed by atoms with Gasteiger partial charge in [0.25, 0.3) is 0 Å². The summed E-state index contributed by atoms with van der Waals surface area (Å²) in [7, 11) is 0. The highest BCUT2D eigenvalue weighted by molar-refractivity contribution is 7.19. The molecule has 6 heteroatoms. The Morgan fingerprint density at radius 1 is 1.23 bits per heavy atom. The number of rotatable bonds is 1. The van der Waals surface area contributed by atoms with Gasteiger partial charge in [-0.15, -0.1) is 11.3 Å². The van der Waals surface area contributed by atoms with Gasteiger partial charge in [0.05, 0.1) is 5.39 Å². The Hall–Kier alpha value is -1.69. The lowest BCUT2D eigenvalue weighted by Gasteiger charge is -2.19. The Morgan fingerprint density at radius 3 is 2.95 bits per heavy atom. The first-order chi connectivity index (χ1) is 10.8. The molecule has 2 aliphatic rings. The van der Waals surface area contributed by atoms with Crippen LogP contribution in [-0.4, -0.2) is 32.7 Å². The van der Waals surface area contributed by atoms with E-state index in [0.29, 0.717) is 5.92 Å². The number of aryl methyl sites for hydroxylation is 1. The van der Waals surface area contributed by atoms with Crippen LogP contribution in [0.5, 0.6) is 0 Å². The van der Waals surface area contributed by atoms with E-state index in [4.69, 9.17) is 4.98 Å². The van der Waals surface area contributed by atoms with Gasteiger partial charge in [-0.3, -0.25) is 0 Å². The largest absolute Gasteiger partial charge is 0.341 e. The van der Waals surface area contributed by atoms with Crippen LogP contribution in [0.1, 0.15) is 49.0 Å². The van der Waals surface area contributed by atoms with Crippen LogP contribution in [0, 0.1) is 0 Å². The van der Waals surface area contributed by atoms with E-state index in [0.717, 1.165) is 29.5 Å². The molecule has 1 atom stereocenters. The molecule has 4 heterocycles. The number of fused-ring (bicyclic) bond motifs is 5. The van der Waals surface area contributed by atoms with Crippen LogP contribution in [-0.2, 0) is 6.42 Å². The second-order valence-corrected chi connectivity index (χ2v) is 7.60. The third kappa shape index (κ3) is 1.67. The highest BCUT2D eigenvalue weighted by Gasteiger charge is 2.27. The molecule has 3 aromatic rings. The summed E-state index contributed by atoms with van der Waals surface area (Å²) in [5.41, 5.74) is 2.49. The van der Waals surface area contributed by atoms with E-state index in [9.17, 15) is 0 Å². The van der Waals surface area contributed by atoms with Gasteiger partial charge in [-0.1, -0.05) is 6.92 Å². The van der Waals surface area contributed by atoms with Crippen LogP contribution in [0.15, 0.2) is 6.33 Å². The number of anilines is 1. The fourth-order valence-corrected chi connectivity index (χ4v) is 5.33. The minimum absolute atomic E-state index is 0.609. The van der Waals surface area contributed by atoms with Crippen LogP contribution in [0.3, 0.4) is 0 Å². The highest BCUT2D eigenvalue weighted by atomic mass is 32.1. The normalized spacial score (nSPS) is 21.9. The maximum atomic E-state index is 5.00. The van der Waals surface area contributed by atoms with Crippen molar-refractivity contribution in [3.63, 3.8) is 0 Å². The SMILES string of the molecule is C[C@H]1CCCc2sc3nc(N4CCCC4)n4ncnc4c3c21. The molecule has 0 bridgehead atoms. The first-order valence-corrected chi connectivity index (χ1v) is 9.04. The summed E-state index contributed by atoms with van der Waals surface area (Å²) in [6.07, 6.45) is 7.92. The second kappa shape index (κ2) is 4.65. The molecule has 1 aliphatic heterocycles. The summed E-state index contributed by atoms with van der Waals surface area (Å²) >= 11 is 1.88. The van der Waals surface area contributed by atoms with Gasteiger partial charge in [0.2, 0.25) is 5.95 Å². The standard InChI is InChI=1S/C16H19N5S/c1-10-5-4-6-11-12(10)13-14-17-9-18-21(14)16(19-15(13)22-11)20-7-2-3-8-20/h9-10H,2-8H2,1H3/t10-/m0/s1. The molecular formula is C16H19N5S. The molecule has 0 spiro atoms. The summed E-state index contributed by atoms with van der Waals surface area (Å²) in [6.45, 7) is 4.50. The van der Waals surface area contributed by atoms with Gasteiger partial charge in [-0.2, -0.15) is 9.61 Å². The average Bonchev–Trinajstić information content (AvgIpc) is 3.24. The second-order valence-electron chi connectivity index (χ2n) is 6.51. The van der Waals surface area contributed by atoms with E-state index >= 15 is 0 Å². The predicted molar refractivity (Wildman–Crippen MR) is 89.0 cm³/mol. The quantitative estimate of drug-likeness (QED) is 0.691. The zero-order chi connectivity index (χ0) is 14.7. The summed E-state index contributed by atoms with van der Waals surface area (Å²) in [6, 6.07) is 0. The van der Waals surface area contributed by atoms with Crippen LogP contribution in [0.25, 0.3) is 15.9 Å². The molecule has 22 heavy (non-hydrogen) atoms. The Morgan fingerprint density at radius 2 is 2.09 bits per heavy atom. The molecule has 0 amide bonds. The van der Waals surface area contributed by atoms with Gasteiger partial charge in [-0.05, 0) is 43.6 Å². The maximum absolute atomic E-state index is 5.00. The summed E-state index contributed by atoms with van der Waals surface area (Å²) in [4.78, 5) is 14.6. The van der Waals surface area contributed by atoms with E-state index in [2.05, 4.69) is 21.9 Å². The minimum atomic E-state index is 0.609. The third-order valence-corrected chi connectivity index (χ3v) is 6.25. The van der Waals surface area contributed by atoms with Crippen LogP contribution in [0.2, 0.25) is 0 Å². The van der Waals surface area contributed by atoms with Gasteiger partial charge in [-0.25, -0.2) is 9.97 Å². The van der Waals surface area contributed by atoms with Crippen molar-refractivity contribution in [2.75, 3.05) is 18.0 Å². The predicted octanol–water partition coefficient (Wildman–Crippen LogP) is 3.38. The number of aromatic nitrogens is 4. The number of hydrogen-bond donors (Lipinski definition) is 0. The molecule has 0 saturated carbocycles. The number of nitrogens with zero attached hydrogens (tertiary/aromatic N) is 5. The fraction of sp³-hybridized carbons (Fsp3) is 0.562. The van der Waals surface area contributed by atoms with E-state index in [-0.39, 0.29) is 0 Å². The van der Waals surface area contributed by atoms with Crippen molar-refractivity contribution < 1.29 is 0 Å². The zero-order valence-corrected chi connectivity index (χ0v) is 13.6. The lowest BCUT2D eigenvalue weighted by molar-refractivity contribution is 0.602. The van der Waals surface area contributed by atoms with Crippen LogP contribution in [0.4, 0.5) is 5.95 Å². The number of hydrogen-bond acceptors (Lipinski definition) is 5. The van der Waals surface area contributed by atoms with Crippen LogP contribution >= 0.6 is 11.3 Å². The first-order valence-electron chi connectivity index (χ1n) is 8.23. The molecule has 5 nitrogen and oxygen atoms in total. The van der Waals surface area contributed by atoms with Crippen molar-refractivity contribution in [1.82, 2.24) is 19.6 Å². The molecule has 0 unspecified atom stereocenters. The Kier molecular flexibility index (Phi) is 2.71. The molecule has 0 aromatic carbocycles. The van der Waals surface area contributed by atoms with E-state index in [1.54, 1.807) is 6.33 Å². The third-order valence-electron chi connectivity index (χ3n) is 5.09. The zero-order valence-electron chi connectivity index (χ0n) is 12.7. The van der Waals surface area contributed by atoms with Gasteiger partial charge >= 0.3 is 0 Å². The molecule has 3 aromatic heterocycles. The van der Waals surface area contributed by atoms with Gasteiger partial charge in [0, 0.05) is 18.0 Å². The lowest BCUT2D eigenvalue weighted by atomic mass is 9.87. The summed E-state index contributed by atoms with van der Waals surface area (Å²) in [5, 5.41) is 5.73. The van der Waals surface area contributed by atoms with Crippen molar-refractivity contribution >= 4 is 33.1 Å². The first kappa shape index (κ1) is 12.8. The molecule has 1 aliphatic carbocycles. The Balaban J connectivity index is 1.84. The number of thiophene rings is 1.